The minimum Gasteiger partial charge on any atom is -0.381 e. The summed E-state index contributed by atoms with van der Waals surface area (Å²) in [7, 11) is 0. The summed E-state index contributed by atoms with van der Waals surface area (Å²) in [6, 6.07) is 14.8. The lowest BCUT2D eigenvalue weighted by molar-refractivity contribution is 0.103. The topological polar surface area (TPSA) is 44.3 Å². The monoisotopic (exact) mass is 336 g/mol. The number of hydrogen-bond acceptors (Lipinski definition) is 2. The summed E-state index contributed by atoms with van der Waals surface area (Å²) in [4.78, 5) is 0. The maximum atomic E-state index is 11.0. The predicted octanol–water partition coefficient (Wildman–Crippen LogP) is 3.90. The van der Waals surface area contributed by atoms with Gasteiger partial charge in [0.2, 0.25) is 0 Å². The Balaban J connectivity index is 2.44. The van der Waals surface area contributed by atoms with Crippen molar-refractivity contribution in [1.82, 2.24) is 5.32 Å². The molecule has 0 amide bonds. The molecule has 0 aliphatic heterocycles. The second-order valence-corrected chi connectivity index (χ2v) is 5.96. The number of hydrogen-bond donors (Lipinski definition) is 3. The molecule has 0 aromatic heterocycles. The Morgan fingerprint density at radius 2 is 1.91 bits per heavy atom. The van der Waals surface area contributed by atoms with Crippen LogP contribution >= 0.6 is 23.8 Å². The van der Waals surface area contributed by atoms with E-state index in [-0.39, 0.29) is 0 Å². The first-order valence-electron chi connectivity index (χ1n) is 7.08. The van der Waals surface area contributed by atoms with E-state index in [1.807, 2.05) is 43.3 Å². The summed E-state index contributed by atoms with van der Waals surface area (Å²) in [5, 5.41) is 18.3. The Bertz CT molecular complexity index is 659. The number of nitrogens with one attached hydrogen (secondary N) is 2. The van der Waals surface area contributed by atoms with Crippen LogP contribution in [-0.4, -0.2) is 16.8 Å². The van der Waals surface area contributed by atoms with Crippen molar-refractivity contribution in [3.63, 3.8) is 0 Å². The summed E-state index contributed by atoms with van der Waals surface area (Å²) in [5.41, 5.74) is 1.00. The van der Waals surface area contributed by atoms with Gasteiger partial charge < -0.3 is 15.7 Å². The molecule has 0 spiro atoms. The lowest BCUT2D eigenvalue weighted by atomic mass is 10.2. The molecule has 3 N–H and O–H groups in total. The summed E-state index contributed by atoms with van der Waals surface area (Å²) >= 11 is 11.4. The molecule has 0 saturated heterocycles. The highest BCUT2D eigenvalue weighted by atomic mass is 35.5. The van der Waals surface area contributed by atoms with Crippen molar-refractivity contribution in [2.75, 3.05) is 11.9 Å². The van der Waals surface area contributed by atoms with Gasteiger partial charge in [0.15, 0.2) is 5.11 Å². The fourth-order valence-corrected chi connectivity index (χ4v) is 2.70. The van der Waals surface area contributed by atoms with Gasteiger partial charge in [-0.3, -0.25) is 0 Å². The third-order valence-corrected chi connectivity index (χ3v) is 3.91. The van der Waals surface area contributed by atoms with Gasteiger partial charge in [0.05, 0.1) is 0 Å². The SMILES string of the molecule is CCNC(=S)Nc1ccc(Cl)cc1[14C](C)(O)c1ccccc1. The first-order chi connectivity index (χ1) is 10.4. The molecule has 2 aromatic carbocycles. The van der Waals surface area contributed by atoms with Gasteiger partial charge in [-0.2, -0.15) is 0 Å². The van der Waals surface area contributed by atoms with E-state index in [9.17, 15) is 5.11 Å². The van der Waals surface area contributed by atoms with Gasteiger partial charge in [-0.1, -0.05) is 41.9 Å². The zero-order chi connectivity index (χ0) is 16.2. The van der Waals surface area contributed by atoms with Crippen molar-refractivity contribution < 1.29 is 5.11 Å². The fourth-order valence-electron chi connectivity index (χ4n) is 2.27. The Kier molecular flexibility index (Phi) is 5.40. The Labute approximate surface area is 141 Å². The van der Waals surface area contributed by atoms with Crippen LogP contribution in [0.4, 0.5) is 5.69 Å². The van der Waals surface area contributed by atoms with Crippen molar-refractivity contribution in [3.05, 3.63) is 64.7 Å². The zero-order valence-corrected chi connectivity index (χ0v) is 14.1. The van der Waals surface area contributed by atoms with Crippen molar-refractivity contribution in [2.45, 2.75) is 19.4 Å². The number of rotatable bonds is 4. The van der Waals surface area contributed by atoms with E-state index in [4.69, 9.17) is 23.8 Å². The summed E-state index contributed by atoms with van der Waals surface area (Å²) in [6.45, 7) is 4.44. The van der Waals surface area contributed by atoms with E-state index in [0.717, 1.165) is 17.8 Å². The summed E-state index contributed by atoms with van der Waals surface area (Å²) < 4.78 is 0. The van der Waals surface area contributed by atoms with Crippen LogP contribution in [0.25, 0.3) is 0 Å². The van der Waals surface area contributed by atoms with E-state index >= 15 is 0 Å². The van der Waals surface area contributed by atoms with Gasteiger partial charge in [0, 0.05) is 22.8 Å². The van der Waals surface area contributed by atoms with Crippen molar-refractivity contribution >= 4 is 34.6 Å². The minimum atomic E-state index is -1.18. The molecule has 0 bridgehead atoms. The molecular formula is C17H19ClN2OS. The lowest BCUT2D eigenvalue weighted by Crippen LogP contribution is -2.30. The van der Waals surface area contributed by atoms with Crippen LogP contribution in [0, 0.1) is 0 Å². The second-order valence-electron chi connectivity index (χ2n) is 5.11. The molecule has 3 nitrogen and oxygen atoms in total. The highest BCUT2D eigenvalue weighted by Gasteiger charge is 2.28. The van der Waals surface area contributed by atoms with Crippen molar-refractivity contribution in [1.29, 1.82) is 0 Å². The van der Waals surface area contributed by atoms with Gasteiger partial charge in [0.1, 0.15) is 5.60 Å². The molecule has 1 atom stereocenters. The molecule has 5 heteroatoms. The molecule has 22 heavy (non-hydrogen) atoms. The number of aliphatic hydroxyl groups is 1. The van der Waals surface area contributed by atoms with Crippen molar-refractivity contribution in [2.24, 2.45) is 0 Å². The second kappa shape index (κ2) is 7.09. The average Bonchev–Trinajstić information content (AvgIpc) is 2.50. The van der Waals surface area contributed by atoms with Crippen LogP contribution < -0.4 is 10.6 Å². The van der Waals surface area contributed by atoms with Crippen LogP contribution in [0.1, 0.15) is 25.0 Å². The molecular weight excluding hydrogens is 318 g/mol. The van der Waals surface area contributed by atoms with E-state index in [2.05, 4.69) is 10.6 Å². The van der Waals surface area contributed by atoms with Crippen LogP contribution in [-0.2, 0) is 5.60 Å². The van der Waals surface area contributed by atoms with Gasteiger partial charge in [0.25, 0.3) is 0 Å². The Morgan fingerprint density at radius 1 is 1.23 bits per heavy atom. The lowest BCUT2D eigenvalue weighted by Gasteiger charge is -2.27. The van der Waals surface area contributed by atoms with Crippen LogP contribution in [0.15, 0.2) is 48.5 Å². The first-order valence-corrected chi connectivity index (χ1v) is 7.86. The highest BCUT2D eigenvalue weighted by Crippen LogP contribution is 2.35. The van der Waals surface area contributed by atoms with E-state index < -0.39 is 5.60 Å². The van der Waals surface area contributed by atoms with Gasteiger partial charge in [-0.15, -0.1) is 0 Å². The van der Waals surface area contributed by atoms with E-state index in [1.54, 1.807) is 19.1 Å². The number of halogens is 1. The Morgan fingerprint density at radius 3 is 2.55 bits per heavy atom. The quantitative estimate of drug-likeness (QED) is 0.741. The molecule has 0 aliphatic carbocycles. The third kappa shape index (κ3) is 3.77. The summed E-state index contributed by atoms with van der Waals surface area (Å²) in [6.07, 6.45) is 0. The smallest absolute Gasteiger partial charge is 0.170 e. The fraction of sp³-hybridized carbons (Fsp3) is 0.235. The van der Waals surface area contributed by atoms with E-state index in [1.165, 1.54) is 0 Å². The highest BCUT2D eigenvalue weighted by molar-refractivity contribution is 7.80. The maximum Gasteiger partial charge on any atom is 0.170 e. The molecule has 1 unspecified atom stereocenters. The molecule has 0 aliphatic rings. The molecule has 0 heterocycles. The largest absolute Gasteiger partial charge is 0.381 e. The minimum absolute atomic E-state index is 0.509. The molecule has 0 fully saturated rings. The Hall–Kier alpha value is -1.62. The van der Waals surface area contributed by atoms with Crippen LogP contribution in [0.5, 0.6) is 0 Å². The zero-order valence-electron chi connectivity index (χ0n) is 12.6. The van der Waals surface area contributed by atoms with Crippen LogP contribution in [0.2, 0.25) is 5.02 Å². The standard InChI is InChI=1S/C17H19ClN2OS/c1-3-19-16(22)20-15-10-9-13(18)11-14(15)17(2,21)12-7-5-4-6-8-12/h4-11,21H,3H2,1-2H3,(H2,19,20,22)/i17+2. The number of benzene rings is 2. The van der Waals surface area contributed by atoms with E-state index in [0.29, 0.717) is 15.7 Å². The summed E-state index contributed by atoms with van der Waals surface area (Å²) in [5.74, 6) is 0. The average molecular weight is 337 g/mol. The number of thiocarbonyl (C=S) groups is 1. The predicted molar refractivity (Wildman–Crippen MR) is 96.5 cm³/mol. The van der Waals surface area contributed by atoms with Gasteiger partial charge >= 0.3 is 0 Å². The molecule has 2 aromatic rings. The maximum absolute atomic E-state index is 11.0. The molecule has 0 saturated carbocycles. The molecule has 0 radical (unpaired) electrons. The molecule has 2 rings (SSSR count). The van der Waals surface area contributed by atoms with Gasteiger partial charge in [-0.25, -0.2) is 0 Å². The van der Waals surface area contributed by atoms with Gasteiger partial charge in [-0.05, 0) is 49.8 Å². The molecule has 116 valence electrons. The van der Waals surface area contributed by atoms with Crippen molar-refractivity contribution in [3.8, 4) is 0 Å². The number of anilines is 1. The third-order valence-electron chi connectivity index (χ3n) is 3.43. The first kappa shape index (κ1) is 16.7. The van der Waals surface area contributed by atoms with Crippen LogP contribution in [0.3, 0.4) is 0 Å². The normalized spacial score (nSPS) is 13.3.